The topological polar surface area (TPSA) is 52.6 Å². The van der Waals surface area contributed by atoms with Crippen LogP contribution in [0.25, 0.3) is 0 Å². The molecule has 4 nitrogen and oxygen atoms in total. The van der Waals surface area contributed by atoms with Crippen LogP contribution in [0.4, 0.5) is 45.2 Å². The first-order chi connectivity index (χ1) is 14.1. The highest BCUT2D eigenvalue weighted by atomic mass is 19.4. The molecule has 0 bridgehead atoms. The smallest absolute Gasteiger partial charge is 0.382 e. The highest BCUT2D eigenvalue weighted by Gasteiger charge is 2.40. The van der Waals surface area contributed by atoms with Crippen molar-refractivity contribution in [3.05, 3.63) is 29.3 Å². The number of hydrogen-bond acceptors (Lipinski definition) is 3. The number of benzene rings is 1. The van der Waals surface area contributed by atoms with E-state index < -0.39 is 53.9 Å². The van der Waals surface area contributed by atoms with Gasteiger partial charge in [-0.25, -0.2) is 0 Å². The summed E-state index contributed by atoms with van der Waals surface area (Å²) < 4.78 is 114. The summed E-state index contributed by atoms with van der Waals surface area (Å²) in [5, 5.41) is 11.1. The summed E-state index contributed by atoms with van der Waals surface area (Å²) in [5.41, 5.74) is -3.78. The molecule has 1 unspecified atom stereocenters. The minimum atomic E-state index is -5.05. The fourth-order valence-corrected chi connectivity index (χ4v) is 3.22. The summed E-state index contributed by atoms with van der Waals surface area (Å²) in [7, 11) is 0. The Balaban J connectivity index is 1.96. The fourth-order valence-electron chi connectivity index (χ4n) is 3.22. The van der Waals surface area contributed by atoms with Crippen LogP contribution >= 0.6 is 0 Å². The first kappa shape index (κ1) is 25.2. The van der Waals surface area contributed by atoms with Gasteiger partial charge < -0.3 is 15.3 Å². The first-order valence-electron chi connectivity index (χ1n) is 9.12. The Morgan fingerprint density at radius 3 is 1.87 bits per heavy atom. The van der Waals surface area contributed by atoms with E-state index in [4.69, 9.17) is 5.11 Å². The van der Waals surface area contributed by atoms with Crippen molar-refractivity contribution < 1.29 is 49.4 Å². The second kappa shape index (κ2) is 9.23. The van der Waals surface area contributed by atoms with Gasteiger partial charge in [-0.05, 0) is 50.0 Å². The number of nitrogens with one attached hydrogen (secondary N) is 1. The molecule has 0 aromatic heterocycles. The molecule has 1 atom stereocenters. The van der Waals surface area contributed by atoms with Crippen LogP contribution in [0.2, 0.25) is 0 Å². The van der Waals surface area contributed by atoms with Gasteiger partial charge in [0.2, 0.25) is 5.91 Å². The van der Waals surface area contributed by atoms with E-state index in [2.05, 4.69) is 0 Å². The van der Waals surface area contributed by atoms with E-state index >= 15 is 0 Å². The van der Waals surface area contributed by atoms with E-state index in [9.17, 15) is 44.3 Å². The van der Waals surface area contributed by atoms with Crippen molar-refractivity contribution in [1.29, 1.82) is 0 Å². The first-order valence-corrected chi connectivity index (χ1v) is 9.12. The number of rotatable bonds is 5. The molecular weight excluding hydrogens is 447 g/mol. The third-order valence-corrected chi connectivity index (χ3v) is 4.86. The van der Waals surface area contributed by atoms with Gasteiger partial charge in [-0.15, -0.1) is 0 Å². The van der Waals surface area contributed by atoms with Crippen molar-refractivity contribution >= 4 is 11.6 Å². The van der Waals surface area contributed by atoms with Crippen molar-refractivity contribution in [3.8, 4) is 0 Å². The average molecular weight is 466 g/mol. The van der Waals surface area contributed by atoms with Crippen molar-refractivity contribution in [2.75, 3.05) is 25.0 Å². The largest absolute Gasteiger partial charge is 0.416 e. The van der Waals surface area contributed by atoms with Crippen molar-refractivity contribution in [1.82, 2.24) is 4.90 Å². The van der Waals surface area contributed by atoms with Gasteiger partial charge in [-0.1, -0.05) is 0 Å². The van der Waals surface area contributed by atoms with Gasteiger partial charge in [0, 0.05) is 18.7 Å². The Bertz CT molecular complexity index is 735. The van der Waals surface area contributed by atoms with Gasteiger partial charge in [0.25, 0.3) is 0 Å². The molecule has 176 valence electrons. The zero-order valence-corrected chi connectivity index (χ0v) is 15.8. The zero-order chi connectivity index (χ0) is 23.6. The lowest BCUT2D eigenvalue weighted by atomic mass is 9.93. The predicted molar refractivity (Wildman–Crippen MR) is 90.9 cm³/mol. The second-order valence-electron chi connectivity index (χ2n) is 7.35. The Labute approximate surface area is 171 Å². The summed E-state index contributed by atoms with van der Waals surface area (Å²) in [4.78, 5) is 13.5. The van der Waals surface area contributed by atoms with Gasteiger partial charge in [0.1, 0.15) is 0 Å². The number of aliphatic hydroxyl groups is 1. The molecule has 1 aromatic carbocycles. The van der Waals surface area contributed by atoms with Crippen molar-refractivity contribution in [2.45, 2.75) is 43.9 Å². The van der Waals surface area contributed by atoms with Gasteiger partial charge in [0.05, 0.1) is 11.1 Å². The van der Waals surface area contributed by atoms with Crippen LogP contribution in [0.5, 0.6) is 0 Å². The quantitative estimate of drug-likeness (QED) is 0.620. The number of likely N-dealkylation sites (tertiary alicyclic amines) is 1. The number of anilines is 1. The number of piperidine rings is 1. The van der Waals surface area contributed by atoms with Crippen LogP contribution in [0.15, 0.2) is 18.2 Å². The maximum atomic E-state index is 12.9. The highest BCUT2D eigenvalue weighted by Crippen LogP contribution is 2.37. The monoisotopic (exact) mass is 466 g/mol. The number of alkyl halides is 9. The Hall–Kier alpha value is -2.02. The molecule has 31 heavy (non-hydrogen) atoms. The number of carbonyl (C=O) groups excluding carboxylic acids is 1. The fraction of sp³-hybridized carbons (Fsp3) is 0.611. The number of carbonyl (C=O) groups is 1. The molecule has 1 aromatic rings. The van der Waals surface area contributed by atoms with E-state index in [-0.39, 0.29) is 44.3 Å². The van der Waals surface area contributed by atoms with E-state index in [1.54, 1.807) is 0 Å². The van der Waals surface area contributed by atoms with E-state index in [1.165, 1.54) is 4.90 Å². The highest BCUT2D eigenvalue weighted by molar-refractivity contribution is 5.91. The maximum absolute atomic E-state index is 12.9. The third kappa shape index (κ3) is 7.56. The summed E-state index contributed by atoms with van der Waals surface area (Å²) in [5.74, 6) is -1.12. The third-order valence-electron chi connectivity index (χ3n) is 4.86. The minimum absolute atomic E-state index is 0.0548. The molecule has 2 rings (SSSR count). The molecule has 1 amide bonds. The van der Waals surface area contributed by atoms with Crippen LogP contribution in [-0.4, -0.2) is 47.8 Å². The van der Waals surface area contributed by atoms with E-state index in [0.29, 0.717) is 12.1 Å². The molecule has 1 aliphatic heterocycles. The molecule has 0 spiro atoms. The summed E-state index contributed by atoms with van der Waals surface area (Å²) in [6, 6.07) is 0.739. The zero-order valence-electron chi connectivity index (χ0n) is 15.8. The summed E-state index contributed by atoms with van der Waals surface area (Å²) in [6.07, 6.45) is -17.0. The maximum Gasteiger partial charge on any atom is 0.416 e. The van der Waals surface area contributed by atoms with E-state index in [1.807, 2.05) is 5.32 Å². The molecule has 0 aliphatic carbocycles. The van der Waals surface area contributed by atoms with Gasteiger partial charge in [-0.2, -0.15) is 39.5 Å². The number of halogens is 9. The second-order valence-corrected chi connectivity index (χ2v) is 7.35. The number of β-amino-alcohol motifs (C(OH)–C–C–N with tert-alkyl or cyclic N) is 1. The van der Waals surface area contributed by atoms with Gasteiger partial charge in [-0.3, -0.25) is 4.79 Å². The molecular formula is C18H19F9N2O2. The molecule has 1 fully saturated rings. The summed E-state index contributed by atoms with van der Waals surface area (Å²) >= 11 is 0. The van der Waals surface area contributed by atoms with Crippen LogP contribution in [0.1, 0.15) is 30.4 Å². The lowest BCUT2D eigenvalue weighted by Crippen LogP contribution is -2.44. The Morgan fingerprint density at radius 1 is 0.968 bits per heavy atom. The van der Waals surface area contributed by atoms with Crippen LogP contribution in [0.3, 0.4) is 0 Å². The van der Waals surface area contributed by atoms with Crippen molar-refractivity contribution in [3.63, 3.8) is 0 Å². The number of hydrogen-bond donors (Lipinski definition) is 2. The molecule has 13 heteroatoms. The normalized spacial score (nSPS) is 18.1. The number of aliphatic hydroxyl groups excluding tert-OH is 1. The summed E-state index contributed by atoms with van der Waals surface area (Å²) in [6.45, 7) is -0.299. The average Bonchev–Trinajstić information content (AvgIpc) is 2.60. The predicted octanol–water partition coefficient (Wildman–Crippen LogP) is 4.69. The molecule has 1 heterocycles. The SMILES string of the molecule is O=C(CC1CCN(CC(O)C(F)(F)F)CC1)Nc1cc(C(F)(F)F)cc(C(F)(F)F)c1. The lowest BCUT2D eigenvalue weighted by Gasteiger charge is -2.33. The molecule has 0 saturated carbocycles. The Morgan fingerprint density at radius 2 is 1.45 bits per heavy atom. The van der Waals surface area contributed by atoms with Crippen LogP contribution in [-0.2, 0) is 17.1 Å². The van der Waals surface area contributed by atoms with Gasteiger partial charge in [0.15, 0.2) is 6.10 Å². The molecule has 1 aliphatic rings. The molecule has 2 N–H and O–H groups in total. The van der Waals surface area contributed by atoms with Gasteiger partial charge >= 0.3 is 18.5 Å². The minimum Gasteiger partial charge on any atom is -0.382 e. The number of nitrogens with zero attached hydrogens (tertiary/aromatic N) is 1. The number of amides is 1. The van der Waals surface area contributed by atoms with Crippen LogP contribution < -0.4 is 5.32 Å². The Kier molecular flexibility index (Phi) is 7.51. The van der Waals surface area contributed by atoms with E-state index in [0.717, 1.165) is 0 Å². The van der Waals surface area contributed by atoms with Crippen LogP contribution in [0, 0.1) is 5.92 Å². The standard InChI is InChI=1S/C18H19F9N2O2/c19-16(20,21)11-6-12(17(22,23)24)8-13(7-11)28-15(31)5-10-1-3-29(4-2-10)9-14(30)18(25,26)27/h6-8,10,14,30H,1-5,9H2,(H,28,31). The molecule has 0 radical (unpaired) electrons. The van der Waals surface area contributed by atoms with Crippen molar-refractivity contribution in [2.24, 2.45) is 5.92 Å². The lowest BCUT2D eigenvalue weighted by molar-refractivity contribution is -0.208. The molecule has 1 saturated heterocycles.